The summed E-state index contributed by atoms with van der Waals surface area (Å²) in [6, 6.07) is 92.0. The monoisotopic (exact) mass is 829 g/mol. The summed E-state index contributed by atoms with van der Waals surface area (Å²) < 4.78 is 0. The van der Waals surface area contributed by atoms with E-state index in [1.807, 2.05) is 0 Å². The van der Waals surface area contributed by atoms with Crippen LogP contribution in [-0.4, -0.2) is 0 Å². The van der Waals surface area contributed by atoms with E-state index in [1.54, 1.807) is 0 Å². The molecule has 0 bridgehead atoms. The minimum absolute atomic E-state index is 0.0723. The molecule has 0 fully saturated rings. The number of benzene rings is 10. The SMILES string of the molecule is CC1(C)c2ccccc2-c2ccc(-c3ccc(N(c4ccc(-c5ccccc5)cc4-c4ccccc4)c4cccc5c4-c4ccccc4C5(c4ccccc4)c4ccccc4)cc3)cc21. The molecule has 0 saturated heterocycles. The van der Waals surface area contributed by atoms with Gasteiger partial charge in [0.2, 0.25) is 0 Å². The predicted molar refractivity (Wildman–Crippen MR) is 272 cm³/mol. The Balaban J connectivity index is 1.10. The van der Waals surface area contributed by atoms with Gasteiger partial charge in [-0.3, -0.25) is 0 Å². The third-order valence-corrected chi connectivity index (χ3v) is 14.2. The average Bonchev–Trinajstić information content (AvgIpc) is 3.81. The van der Waals surface area contributed by atoms with Crippen LogP contribution >= 0.6 is 0 Å². The summed E-state index contributed by atoms with van der Waals surface area (Å²) in [6.07, 6.45) is 0. The molecule has 1 nitrogen and oxygen atoms in total. The molecule has 0 atom stereocenters. The highest BCUT2D eigenvalue weighted by Crippen LogP contribution is 2.60. The lowest BCUT2D eigenvalue weighted by Crippen LogP contribution is -2.28. The first-order chi connectivity index (χ1) is 32.0. The Morgan fingerprint density at radius 2 is 0.785 bits per heavy atom. The van der Waals surface area contributed by atoms with Crippen molar-refractivity contribution in [1.82, 2.24) is 0 Å². The van der Waals surface area contributed by atoms with Crippen molar-refractivity contribution in [1.29, 1.82) is 0 Å². The van der Waals surface area contributed by atoms with Crippen molar-refractivity contribution in [2.75, 3.05) is 4.90 Å². The number of anilines is 3. The molecule has 0 radical (unpaired) electrons. The van der Waals surface area contributed by atoms with E-state index in [1.165, 1.54) is 83.5 Å². The van der Waals surface area contributed by atoms with Crippen LogP contribution in [-0.2, 0) is 10.8 Å². The van der Waals surface area contributed by atoms with Gasteiger partial charge >= 0.3 is 0 Å². The second-order valence-corrected chi connectivity index (χ2v) is 18.0. The van der Waals surface area contributed by atoms with E-state index in [0.717, 1.165) is 22.6 Å². The summed E-state index contributed by atoms with van der Waals surface area (Å²) in [5.41, 5.74) is 22.9. The Kier molecular flexibility index (Phi) is 9.14. The first kappa shape index (κ1) is 38.7. The first-order valence-corrected chi connectivity index (χ1v) is 22.8. The summed E-state index contributed by atoms with van der Waals surface area (Å²) >= 11 is 0. The topological polar surface area (TPSA) is 3.24 Å². The second-order valence-electron chi connectivity index (χ2n) is 18.0. The van der Waals surface area contributed by atoms with Gasteiger partial charge < -0.3 is 4.90 Å². The molecule has 2 aliphatic rings. The van der Waals surface area contributed by atoms with Crippen LogP contribution in [0.5, 0.6) is 0 Å². The molecular weight excluding hydrogens is 783 g/mol. The molecule has 0 N–H and O–H groups in total. The van der Waals surface area contributed by atoms with E-state index in [-0.39, 0.29) is 5.41 Å². The molecule has 0 unspecified atom stereocenters. The summed E-state index contributed by atoms with van der Waals surface area (Å²) in [5, 5.41) is 0. The third kappa shape index (κ3) is 6.07. The normalized spacial score (nSPS) is 13.6. The van der Waals surface area contributed by atoms with E-state index in [4.69, 9.17) is 0 Å². The molecule has 2 aliphatic carbocycles. The molecule has 0 aromatic heterocycles. The maximum Gasteiger partial charge on any atom is 0.0714 e. The fourth-order valence-electron chi connectivity index (χ4n) is 11.1. The second kappa shape index (κ2) is 15.4. The van der Waals surface area contributed by atoms with Crippen molar-refractivity contribution in [3.8, 4) is 55.6 Å². The van der Waals surface area contributed by atoms with Gasteiger partial charge in [-0.2, -0.15) is 0 Å². The molecule has 10 aromatic rings. The van der Waals surface area contributed by atoms with E-state index >= 15 is 0 Å². The number of fused-ring (bicyclic) bond motifs is 6. The van der Waals surface area contributed by atoms with Crippen LogP contribution in [0, 0.1) is 0 Å². The Labute approximate surface area is 382 Å². The lowest BCUT2D eigenvalue weighted by atomic mass is 9.68. The minimum Gasteiger partial charge on any atom is -0.309 e. The van der Waals surface area contributed by atoms with Crippen molar-refractivity contribution in [2.45, 2.75) is 24.7 Å². The summed E-state index contributed by atoms with van der Waals surface area (Å²) in [7, 11) is 0. The molecular formula is C64H47N. The lowest BCUT2D eigenvalue weighted by molar-refractivity contribution is 0.660. The summed E-state index contributed by atoms with van der Waals surface area (Å²) in [6.45, 7) is 4.72. The molecule has 0 spiro atoms. The molecule has 308 valence electrons. The van der Waals surface area contributed by atoms with Crippen LogP contribution in [0.3, 0.4) is 0 Å². The zero-order chi connectivity index (χ0) is 43.5. The molecule has 0 aliphatic heterocycles. The highest BCUT2D eigenvalue weighted by molar-refractivity contribution is 6.00. The standard InChI is InChI=1S/C64H47N/c1-63(2)56-30-17-15-28-52(56)53-40-36-48(43-59(53)63)45-34-38-51(39-35-45)65(60-41-37-47(44-20-7-3-8-21-44)42-55(60)46-22-9-4-10-23-46)61-33-19-32-58-62(61)54-29-16-18-31-57(54)64(58,49-24-11-5-12-25-49)50-26-13-6-14-27-50/h3-43H,1-2H3. The van der Waals surface area contributed by atoms with Gasteiger partial charge in [0.05, 0.1) is 16.8 Å². The Morgan fingerprint density at radius 3 is 1.46 bits per heavy atom. The number of rotatable bonds is 8. The van der Waals surface area contributed by atoms with Crippen molar-refractivity contribution in [2.24, 2.45) is 0 Å². The Bertz CT molecular complexity index is 3330. The van der Waals surface area contributed by atoms with Crippen molar-refractivity contribution in [3.05, 3.63) is 282 Å². The van der Waals surface area contributed by atoms with Gasteiger partial charge in [-0.05, 0) is 114 Å². The molecule has 1 heteroatoms. The number of hydrogen-bond donors (Lipinski definition) is 0. The largest absolute Gasteiger partial charge is 0.309 e. The van der Waals surface area contributed by atoms with Crippen molar-refractivity contribution in [3.63, 3.8) is 0 Å². The van der Waals surface area contributed by atoms with Crippen LogP contribution in [0.2, 0.25) is 0 Å². The number of nitrogens with zero attached hydrogens (tertiary/aromatic N) is 1. The van der Waals surface area contributed by atoms with E-state index < -0.39 is 5.41 Å². The maximum absolute atomic E-state index is 2.52. The first-order valence-electron chi connectivity index (χ1n) is 22.8. The van der Waals surface area contributed by atoms with Gasteiger partial charge in [-0.15, -0.1) is 0 Å². The molecule has 0 saturated carbocycles. The fraction of sp³-hybridized carbons (Fsp3) is 0.0625. The predicted octanol–water partition coefficient (Wildman–Crippen LogP) is 16.8. The third-order valence-electron chi connectivity index (χ3n) is 14.2. The zero-order valence-corrected chi connectivity index (χ0v) is 36.6. The molecule has 10 aromatic carbocycles. The van der Waals surface area contributed by atoms with Crippen LogP contribution in [0.4, 0.5) is 17.1 Å². The van der Waals surface area contributed by atoms with Crippen LogP contribution in [0.25, 0.3) is 55.6 Å². The van der Waals surface area contributed by atoms with E-state index in [0.29, 0.717) is 0 Å². The Hall–Kier alpha value is -8.00. The highest BCUT2D eigenvalue weighted by Gasteiger charge is 2.47. The number of hydrogen-bond acceptors (Lipinski definition) is 1. The quantitative estimate of drug-likeness (QED) is 0.147. The summed E-state index contributed by atoms with van der Waals surface area (Å²) in [5.74, 6) is 0. The van der Waals surface area contributed by atoms with Gasteiger partial charge in [0.1, 0.15) is 0 Å². The van der Waals surface area contributed by atoms with E-state index in [9.17, 15) is 0 Å². The lowest BCUT2D eigenvalue weighted by Gasteiger charge is -2.34. The smallest absolute Gasteiger partial charge is 0.0714 e. The highest BCUT2D eigenvalue weighted by atomic mass is 15.1. The minimum atomic E-state index is -0.527. The van der Waals surface area contributed by atoms with Gasteiger partial charge in [-0.1, -0.05) is 226 Å². The van der Waals surface area contributed by atoms with Crippen LogP contribution in [0.1, 0.15) is 47.2 Å². The average molecular weight is 830 g/mol. The van der Waals surface area contributed by atoms with E-state index in [2.05, 4.69) is 267 Å². The van der Waals surface area contributed by atoms with Gasteiger partial charge in [0.15, 0.2) is 0 Å². The maximum atomic E-state index is 2.52. The zero-order valence-electron chi connectivity index (χ0n) is 36.6. The van der Waals surface area contributed by atoms with Crippen molar-refractivity contribution < 1.29 is 0 Å². The molecule has 0 amide bonds. The van der Waals surface area contributed by atoms with Gasteiger partial charge in [-0.25, -0.2) is 0 Å². The van der Waals surface area contributed by atoms with Gasteiger partial charge in [0, 0.05) is 22.2 Å². The van der Waals surface area contributed by atoms with Crippen molar-refractivity contribution >= 4 is 17.1 Å². The summed E-state index contributed by atoms with van der Waals surface area (Å²) in [4.78, 5) is 2.52. The molecule has 65 heavy (non-hydrogen) atoms. The van der Waals surface area contributed by atoms with Crippen LogP contribution < -0.4 is 4.90 Å². The van der Waals surface area contributed by atoms with Gasteiger partial charge in [0.25, 0.3) is 0 Å². The fourth-order valence-corrected chi connectivity index (χ4v) is 11.1. The Morgan fingerprint density at radius 1 is 0.292 bits per heavy atom. The molecule has 12 rings (SSSR count). The van der Waals surface area contributed by atoms with Crippen LogP contribution in [0.15, 0.2) is 249 Å². The molecule has 0 heterocycles.